The molecule has 0 saturated carbocycles. The van der Waals surface area contributed by atoms with Crippen LogP contribution in [0, 0.1) is 5.92 Å². The number of nitrogens with zero attached hydrogens (tertiary/aromatic N) is 1. The first-order valence-electron chi connectivity index (χ1n) is 9.96. The van der Waals surface area contributed by atoms with Gasteiger partial charge in [-0.25, -0.2) is 0 Å². The van der Waals surface area contributed by atoms with Gasteiger partial charge in [0.2, 0.25) is 0 Å². The molecule has 0 heterocycles. The van der Waals surface area contributed by atoms with Crippen LogP contribution in [0.5, 0.6) is 17.2 Å². The molecule has 7 nitrogen and oxygen atoms in total. The van der Waals surface area contributed by atoms with E-state index in [4.69, 9.17) is 18.9 Å². The number of benzene rings is 2. The van der Waals surface area contributed by atoms with E-state index >= 15 is 0 Å². The van der Waals surface area contributed by atoms with Gasteiger partial charge in [0.05, 0.1) is 34.5 Å². The van der Waals surface area contributed by atoms with Crippen LogP contribution >= 0.6 is 24.0 Å². The molecule has 0 aromatic heterocycles. The Morgan fingerprint density at radius 3 is 2.19 bits per heavy atom. The highest BCUT2D eigenvalue weighted by Gasteiger charge is 2.12. The van der Waals surface area contributed by atoms with Crippen molar-refractivity contribution in [2.45, 2.75) is 20.1 Å². The summed E-state index contributed by atoms with van der Waals surface area (Å²) in [6.07, 6.45) is 0. The van der Waals surface area contributed by atoms with Gasteiger partial charge in [-0.3, -0.25) is 4.99 Å². The zero-order valence-electron chi connectivity index (χ0n) is 18.9. The van der Waals surface area contributed by atoms with E-state index in [1.54, 1.807) is 28.4 Å². The maximum atomic E-state index is 5.81. The lowest BCUT2D eigenvalue weighted by atomic mass is 10.1. The summed E-state index contributed by atoms with van der Waals surface area (Å²) in [5, 5.41) is 6.65. The molecular weight excluding hydrogens is 509 g/mol. The number of guanidine groups is 1. The molecule has 2 aromatic rings. The molecule has 8 heteroatoms. The van der Waals surface area contributed by atoms with Crippen LogP contribution in [0.1, 0.15) is 18.1 Å². The highest BCUT2D eigenvalue weighted by molar-refractivity contribution is 14.0. The molecule has 0 amide bonds. The summed E-state index contributed by atoms with van der Waals surface area (Å²) in [4.78, 5) is 4.29. The van der Waals surface area contributed by atoms with Gasteiger partial charge in [-0.1, -0.05) is 37.3 Å². The van der Waals surface area contributed by atoms with Gasteiger partial charge in [-0.2, -0.15) is 0 Å². The van der Waals surface area contributed by atoms with Crippen molar-refractivity contribution >= 4 is 29.9 Å². The normalized spacial score (nSPS) is 11.8. The third-order valence-corrected chi connectivity index (χ3v) is 4.59. The van der Waals surface area contributed by atoms with Crippen molar-refractivity contribution in [3.63, 3.8) is 0 Å². The van der Waals surface area contributed by atoms with Crippen molar-refractivity contribution in [2.24, 2.45) is 10.9 Å². The van der Waals surface area contributed by atoms with E-state index in [0.29, 0.717) is 43.1 Å². The van der Waals surface area contributed by atoms with E-state index in [2.05, 4.69) is 34.7 Å². The maximum Gasteiger partial charge on any atom is 0.191 e. The number of methoxy groups -OCH3 is 3. The number of hydrogen-bond acceptors (Lipinski definition) is 5. The Kier molecular flexibility index (Phi) is 12.8. The molecule has 1 atom stereocenters. The van der Waals surface area contributed by atoms with E-state index in [9.17, 15) is 0 Å². The van der Waals surface area contributed by atoms with Crippen molar-refractivity contribution < 1.29 is 18.9 Å². The first-order chi connectivity index (χ1) is 14.6. The van der Waals surface area contributed by atoms with Gasteiger partial charge in [-0.05, 0) is 17.5 Å². The fraction of sp³-hybridized carbons (Fsp3) is 0.435. The Morgan fingerprint density at radius 2 is 1.58 bits per heavy atom. The lowest BCUT2D eigenvalue weighted by Gasteiger charge is -2.18. The van der Waals surface area contributed by atoms with Crippen molar-refractivity contribution in [2.75, 3.05) is 41.5 Å². The summed E-state index contributed by atoms with van der Waals surface area (Å²) in [6, 6.07) is 13.9. The first-order valence-corrected chi connectivity index (χ1v) is 9.96. The van der Waals surface area contributed by atoms with Gasteiger partial charge in [0.1, 0.15) is 5.75 Å². The highest BCUT2D eigenvalue weighted by Crippen LogP contribution is 2.34. The Bertz CT molecular complexity index is 803. The van der Waals surface area contributed by atoms with E-state index in [1.165, 1.54) is 5.56 Å². The summed E-state index contributed by atoms with van der Waals surface area (Å²) in [7, 11) is 6.60. The summed E-state index contributed by atoms with van der Waals surface area (Å²) in [5.41, 5.74) is 2.12. The average molecular weight is 543 g/mol. The third-order valence-electron chi connectivity index (χ3n) is 4.59. The van der Waals surface area contributed by atoms with Crippen LogP contribution in [0.25, 0.3) is 0 Å². The summed E-state index contributed by atoms with van der Waals surface area (Å²) in [5.74, 6) is 3.05. The Labute approximate surface area is 202 Å². The van der Waals surface area contributed by atoms with Crippen molar-refractivity contribution in [3.8, 4) is 17.2 Å². The van der Waals surface area contributed by atoms with Gasteiger partial charge in [0.25, 0.3) is 0 Å². The van der Waals surface area contributed by atoms with Crippen LogP contribution in [0.3, 0.4) is 0 Å². The fourth-order valence-corrected chi connectivity index (χ4v) is 2.91. The van der Waals surface area contributed by atoms with Crippen LogP contribution in [0.4, 0.5) is 0 Å². The van der Waals surface area contributed by atoms with E-state index in [1.807, 2.05) is 30.3 Å². The predicted octanol–water partition coefficient (Wildman–Crippen LogP) is 3.85. The number of rotatable bonds is 11. The van der Waals surface area contributed by atoms with Crippen LogP contribution in [0.15, 0.2) is 47.5 Å². The van der Waals surface area contributed by atoms with Gasteiger partial charge in [0, 0.05) is 31.8 Å². The van der Waals surface area contributed by atoms with Crippen LogP contribution < -0.4 is 24.8 Å². The van der Waals surface area contributed by atoms with Gasteiger partial charge in [-0.15, -0.1) is 24.0 Å². The smallest absolute Gasteiger partial charge is 0.191 e. The zero-order valence-corrected chi connectivity index (χ0v) is 21.3. The number of halogens is 1. The molecule has 0 saturated heterocycles. The summed E-state index contributed by atoms with van der Waals surface area (Å²) >= 11 is 0. The quantitative estimate of drug-likeness (QED) is 0.255. The Morgan fingerprint density at radius 1 is 0.935 bits per heavy atom. The standard InChI is InChI=1S/C23H33N3O4.HI/c1-17(15-30-16-18-9-7-6-8-10-18)13-25-23(24-2)26-14-19-11-21(28-4)22(29-5)12-20(19)27-3;/h6-12,17H,13-16H2,1-5H3,(H2,24,25,26);1H. The number of ether oxygens (including phenoxy) is 4. The second kappa shape index (κ2) is 14.7. The Hall–Kier alpha value is -2.20. The molecule has 0 aliphatic rings. The first kappa shape index (κ1) is 26.8. The lowest BCUT2D eigenvalue weighted by molar-refractivity contribution is 0.0931. The number of nitrogens with one attached hydrogen (secondary N) is 2. The topological polar surface area (TPSA) is 73.3 Å². The van der Waals surface area contributed by atoms with Crippen molar-refractivity contribution in [1.82, 2.24) is 10.6 Å². The summed E-state index contributed by atoms with van der Waals surface area (Å²) in [6.45, 7) is 4.71. The molecule has 0 fully saturated rings. The number of hydrogen-bond donors (Lipinski definition) is 2. The molecule has 0 spiro atoms. The predicted molar refractivity (Wildman–Crippen MR) is 135 cm³/mol. The van der Waals surface area contributed by atoms with Gasteiger partial charge < -0.3 is 29.6 Å². The largest absolute Gasteiger partial charge is 0.496 e. The number of aliphatic imine (C=N–C) groups is 1. The van der Waals surface area contributed by atoms with Crippen molar-refractivity contribution in [3.05, 3.63) is 53.6 Å². The molecule has 0 radical (unpaired) electrons. The highest BCUT2D eigenvalue weighted by atomic mass is 127. The minimum atomic E-state index is 0. The fourth-order valence-electron chi connectivity index (χ4n) is 2.91. The van der Waals surface area contributed by atoms with Crippen LogP contribution in [-0.4, -0.2) is 47.5 Å². The van der Waals surface area contributed by atoms with E-state index in [-0.39, 0.29) is 24.0 Å². The zero-order chi connectivity index (χ0) is 21.8. The van der Waals surface area contributed by atoms with Gasteiger partial charge >= 0.3 is 0 Å². The molecule has 2 aromatic carbocycles. The molecule has 31 heavy (non-hydrogen) atoms. The van der Waals surface area contributed by atoms with Crippen LogP contribution in [0.2, 0.25) is 0 Å². The maximum absolute atomic E-state index is 5.81. The molecular formula is C23H34IN3O4. The molecule has 0 aliphatic heterocycles. The molecule has 1 unspecified atom stereocenters. The second-order valence-electron chi connectivity index (χ2n) is 6.93. The van der Waals surface area contributed by atoms with E-state index < -0.39 is 0 Å². The summed E-state index contributed by atoms with van der Waals surface area (Å²) < 4.78 is 22.0. The monoisotopic (exact) mass is 543 g/mol. The third kappa shape index (κ3) is 8.82. The molecule has 172 valence electrons. The van der Waals surface area contributed by atoms with E-state index in [0.717, 1.165) is 17.9 Å². The molecule has 0 bridgehead atoms. The van der Waals surface area contributed by atoms with Gasteiger partial charge in [0.15, 0.2) is 17.5 Å². The average Bonchev–Trinajstić information content (AvgIpc) is 2.79. The lowest BCUT2D eigenvalue weighted by Crippen LogP contribution is -2.39. The van der Waals surface area contributed by atoms with Crippen molar-refractivity contribution in [1.29, 1.82) is 0 Å². The van der Waals surface area contributed by atoms with Crippen LogP contribution in [-0.2, 0) is 17.9 Å². The molecule has 0 aliphatic carbocycles. The second-order valence-corrected chi connectivity index (χ2v) is 6.93. The SMILES string of the molecule is CN=C(NCc1cc(OC)c(OC)cc1OC)NCC(C)COCc1ccccc1.I. The Balaban J connectivity index is 0.00000480. The molecule has 2 rings (SSSR count). The minimum Gasteiger partial charge on any atom is -0.496 e. The molecule has 2 N–H and O–H groups in total. The minimum absolute atomic E-state index is 0.